The molecule has 1 amide bonds. The van der Waals surface area contributed by atoms with E-state index < -0.39 is 0 Å². The van der Waals surface area contributed by atoms with Gasteiger partial charge in [-0.3, -0.25) is 4.79 Å². The standard InChI is InChI=1S/C9H11BrN2O2/c10-8-4-1-3-7(12-8)9(14)11-5-2-6-13/h1,3-4,13H,2,5-6H2,(H,11,14). The number of pyridine rings is 1. The highest BCUT2D eigenvalue weighted by Gasteiger charge is 2.05. The SMILES string of the molecule is O=C(NCCCO)c1cccc(Br)n1. The van der Waals surface area contributed by atoms with Gasteiger partial charge in [-0.2, -0.15) is 0 Å². The number of amides is 1. The Kier molecular flexibility index (Phi) is 4.55. The lowest BCUT2D eigenvalue weighted by Gasteiger charge is -2.02. The van der Waals surface area contributed by atoms with Crippen LogP contribution in [0.3, 0.4) is 0 Å². The zero-order chi connectivity index (χ0) is 10.4. The van der Waals surface area contributed by atoms with Crippen LogP contribution < -0.4 is 5.32 Å². The second-order valence-corrected chi connectivity index (χ2v) is 3.49. The Bertz CT molecular complexity index is 317. The minimum atomic E-state index is -0.222. The van der Waals surface area contributed by atoms with Crippen LogP contribution in [0.2, 0.25) is 0 Å². The smallest absolute Gasteiger partial charge is 0.269 e. The number of hydrogen-bond donors (Lipinski definition) is 2. The van der Waals surface area contributed by atoms with Crippen molar-refractivity contribution in [1.29, 1.82) is 0 Å². The van der Waals surface area contributed by atoms with Gasteiger partial charge in [-0.15, -0.1) is 0 Å². The number of carbonyl (C=O) groups excluding carboxylic acids is 1. The van der Waals surface area contributed by atoms with Crippen molar-refractivity contribution in [2.75, 3.05) is 13.2 Å². The molecule has 0 saturated carbocycles. The summed E-state index contributed by atoms with van der Waals surface area (Å²) >= 11 is 3.18. The molecule has 0 spiro atoms. The predicted molar refractivity (Wildman–Crippen MR) is 56.0 cm³/mol. The quantitative estimate of drug-likeness (QED) is 0.625. The summed E-state index contributed by atoms with van der Waals surface area (Å²) in [6.45, 7) is 0.537. The first-order valence-corrected chi connectivity index (χ1v) is 5.05. The van der Waals surface area contributed by atoms with E-state index in [1.54, 1.807) is 18.2 Å². The average Bonchev–Trinajstić information content (AvgIpc) is 2.18. The highest BCUT2D eigenvalue weighted by molar-refractivity contribution is 9.10. The zero-order valence-electron chi connectivity index (χ0n) is 7.53. The zero-order valence-corrected chi connectivity index (χ0v) is 9.12. The molecule has 0 fully saturated rings. The summed E-state index contributed by atoms with van der Waals surface area (Å²) in [4.78, 5) is 15.4. The van der Waals surface area contributed by atoms with Crippen molar-refractivity contribution in [2.45, 2.75) is 6.42 Å². The second kappa shape index (κ2) is 5.72. The van der Waals surface area contributed by atoms with E-state index in [1.165, 1.54) is 0 Å². The Balaban J connectivity index is 2.52. The van der Waals surface area contributed by atoms with Gasteiger partial charge in [-0.05, 0) is 34.5 Å². The van der Waals surface area contributed by atoms with Gasteiger partial charge in [0, 0.05) is 13.2 Å². The number of hydrogen-bond acceptors (Lipinski definition) is 3. The molecule has 0 aliphatic rings. The van der Waals surface area contributed by atoms with E-state index in [1.807, 2.05) is 0 Å². The largest absolute Gasteiger partial charge is 0.396 e. The Morgan fingerprint density at radius 3 is 3.00 bits per heavy atom. The molecule has 0 bridgehead atoms. The van der Waals surface area contributed by atoms with E-state index in [9.17, 15) is 4.79 Å². The second-order valence-electron chi connectivity index (χ2n) is 2.68. The molecule has 14 heavy (non-hydrogen) atoms. The Labute approximate surface area is 90.5 Å². The first-order chi connectivity index (χ1) is 6.74. The van der Waals surface area contributed by atoms with E-state index in [-0.39, 0.29) is 12.5 Å². The maximum Gasteiger partial charge on any atom is 0.269 e. The molecule has 1 rings (SSSR count). The maximum absolute atomic E-state index is 11.4. The molecule has 1 heterocycles. The molecule has 0 aromatic carbocycles. The van der Waals surface area contributed by atoms with Crippen LogP contribution in [0.15, 0.2) is 22.8 Å². The number of nitrogens with zero attached hydrogens (tertiary/aromatic N) is 1. The third-order valence-corrected chi connectivity index (χ3v) is 2.01. The average molecular weight is 259 g/mol. The van der Waals surface area contributed by atoms with Gasteiger partial charge < -0.3 is 10.4 Å². The Morgan fingerprint density at radius 2 is 2.36 bits per heavy atom. The van der Waals surface area contributed by atoms with Gasteiger partial charge in [-0.1, -0.05) is 6.07 Å². The summed E-state index contributed by atoms with van der Waals surface area (Å²) in [6.07, 6.45) is 0.555. The van der Waals surface area contributed by atoms with Crippen LogP contribution in [0.4, 0.5) is 0 Å². The molecular formula is C9H11BrN2O2. The Morgan fingerprint density at radius 1 is 1.57 bits per heavy atom. The van der Waals surface area contributed by atoms with Gasteiger partial charge in [0.2, 0.25) is 0 Å². The molecule has 0 saturated heterocycles. The molecule has 0 aliphatic carbocycles. The summed E-state index contributed by atoms with van der Waals surface area (Å²) in [5.41, 5.74) is 0.373. The van der Waals surface area contributed by atoms with Gasteiger partial charge >= 0.3 is 0 Å². The van der Waals surface area contributed by atoms with E-state index in [0.29, 0.717) is 23.3 Å². The molecule has 1 aromatic heterocycles. The highest BCUT2D eigenvalue weighted by atomic mass is 79.9. The normalized spacial score (nSPS) is 9.86. The summed E-state index contributed by atoms with van der Waals surface area (Å²) in [6, 6.07) is 5.14. The van der Waals surface area contributed by atoms with E-state index in [2.05, 4.69) is 26.2 Å². The molecular weight excluding hydrogens is 248 g/mol. The van der Waals surface area contributed by atoms with Crippen molar-refractivity contribution >= 4 is 21.8 Å². The van der Waals surface area contributed by atoms with E-state index >= 15 is 0 Å². The van der Waals surface area contributed by atoms with Crippen LogP contribution in [0, 0.1) is 0 Å². The first-order valence-electron chi connectivity index (χ1n) is 4.25. The van der Waals surface area contributed by atoms with Crippen LogP contribution in [0.25, 0.3) is 0 Å². The van der Waals surface area contributed by atoms with Crippen molar-refractivity contribution in [2.24, 2.45) is 0 Å². The van der Waals surface area contributed by atoms with Crippen molar-refractivity contribution in [3.63, 3.8) is 0 Å². The number of nitrogens with one attached hydrogen (secondary N) is 1. The van der Waals surface area contributed by atoms with Crippen molar-refractivity contribution in [3.8, 4) is 0 Å². The molecule has 5 heteroatoms. The molecule has 0 unspecified atom stereocenters. The fraction of sp³-hybridized carbons (Fsp3) is 0.333. The third-order valence-electron chi connectivity index (χ3n) is 1.57. The monoisotopic (exact) mass is 258 g/mol. The lowest BCUT2D eigenvalue weighted by molar-refractivity contribution is 0.0946. The van der Waals surface area contributed by atoms with Crippen molar-refractivity contribution in [1.82, 2.24) is 10.3 Å². The van der Waals surface area contributed by atoms with E-state index in [0.717, 1.165) is 0 Å². The molecule has 0 atom stereocenters. The van der Waals surface area contributed by atoms with Crippen molar-refractivity contribution < 1.29 is 9.90 Å². The molecule has 0 aliphatic heterocycles. The van der Waals surface area contributed by atoms with Crippen LogP contribution in [0.5, 0.6) is 0 Å². The first kappa shape index (κ1) is 11.1. The number of aliphatic hydroxyl groups excluding tert-OH is 1. The maximum atomic E-state index is 11.4. The lowest BCUT2D eigenvalue weighted by Crippen LogP contribution is -2.25. The lowest BCUT2D eigenvalue weighted by atomic mass is 10.3. The third kappa shape index (κ3) is 3.43. The van der Waals surface area contributed by atoms with Gasteiger partial charge in [0.15, 0.2) is 0 Å². The summed E-state index contributed by atoms with van der Waals surface area (Å²) in [7, 11) is 0. The number of halogens is 1. The van der Waals surface area contributed by atoms with Crippen molar-refractivity contribution in [3.05, 3.63) is 28.5 Å². The topological polar surface area (TPSA) is 62.2 Å². The fourth-order valence-electron chi connectivity index (χ4n) is 0.906. The highest BCUT2D eigenvalue weighted by Crippen LogP contribution is 2.05. The van der Waals surface area contributed by atoms with Gasteiger partial charge in [0.25, 0.3) is 5.91 Å². The van der Waals surface area contributed by atoms with Gasteiger partial charge in [0.05, 0.1) is 0 Å². The van der Waals surface area contributed by atoms with Crippen LogP contribution in [0.1, 0.15) is 16.9 Å². The van der Waals surface area contributed by atoms with Crippen LogP contribution in [-0.2, 0) is 0 Å². The molecule has 1 aromatic rings. The summed E-state index contributed by atoms with van der Waals surface area (Å²) in [5.74, 6) is -0.222. The number of aromatic nitrogens is 1. The van der Waals surface area contributed by atoms with Crippen LogP contribution >= 0.6 is 15.9 Å². The predicted octanol–water partition coefficient (Wildman–Crippen LogP) is 0.956. The molecule has 2 N–H and O–H groups in total. The molecule has 76 valence electrons. The minimum absolute atomic E-state index is 0.0756. The minimum Gasteiger partial charge on any atom is -0.396 e. The molecule has 4 nitrogen and oxygen atoms in total. The number of carbonyl (C=O) groups is 1. The Hall–Kier alpha value is -0.940. The van der Waals surface area contributed by atoms with Crippen LogP contribution in [-0.4, -0.2) is 29.1 Å². The number of rotatable bonds is 4. The number of aliphatic hydroxyl groups is 1. The summed E-state index contributed by atoms with van der Waals surface area (Å²) in [5, 5.41) is 11.2. The summed E-state index contributed by atoms with van der Waals surface area (Å²) < 4.78 is 0.632. The van der Waals surface area contributed by atoms with Gasteiger partial charge in [-0.25, -0.2) is 4.98 Å². The molecule has 0 radical (unpaired) electrons. The van der Waals surface area contributed by atoms with E-state index in [4.69, 9.17) is 5.11 Å². The fourth-order valence-corrected chi connectivity index (χ4v) is 1.25. The van der Waals surface area contributed by atoms with Gasteiger partial charge in [0.1, 0.15) is 10.3 Å².